The van der Waals surface area contributed by atoms with Crippen LogP contribution in [0.5, 0.6) is 5.75 Å². The van der Waals surface area contributed by atoms with Crippen molar-refractivity contribution in [3.63, 3.8) is 0 Å². The van der Waals surface area contributed by atoms with Gasteiger partial charge < -0.3 is 9.84 Å². The van der Waals surface area contributed by atoms with E-state index in [1.165, 1.54) is 18.7 Å². The summed E-state index contributed by atoms with van der Waals surface area (Å²) in [6.45, 7) is 0. The standard InChI is InChI=1S/C18H19FO2/c1-21-13-9-10-16(17(19)11-13)18(20)15-8-4-6-12-5-2-3-7-14(12)15/h2-3,5,7,9-11,15,18,20H,4,6,8H2,1H3. The maximum absolute atomic E-state index is 14.2. The van der Waals surface area contributed by atoms with Crippen LogP contribution in [0.4, 0.5) is 4.39 Å². The van der Waals surface area contributed by atoms with Crippen molar-refractivity contribution in [2.75, 3.05) is 7.11 Å². The van der Waals surface area contributed by atoms with Gasteiger partial charge in [0.2, 0.25) is 0 Å². The lowest BCUT2D eigenvalue weighted by molar-refractivity contribution is 0.132. The van der Waals surface area contributed by atoms with E-state index in [2.05, 4.69) is 6.07 Å². The molecule has 0 amide bonds. The smallest absolute Gasteiger partial charge is 0.132 e. The number of aliphatic hydroxyl groups is 1. The summed E-state index contributed by atoms with van der Waals surface area (Å²) in [6, 6.07) is 12.8. The average Bonchev–Trinajstić information content (AvgIpc) is 2.53. The van der Waals surface area contributed by atoms with Crippen LogP contribution in [-0.2, 0) is 6.42 Å². The van der Waals surface area contributed by atoms with Crippen molar-refractivity contribution in [2.24, 2.45) is 0 Å². The summed E-state index contributed by atoms with van der Waals surface area (Å²) in [5.41, 5.74) is 2.76. The zero-order valence-electron chi connectivity index (χ0n) is 12.1. The highest BCUT2D eigenvalue weighted by atomic mass is 19.1. The molecule has 2 aromatic carbocycles. The Hall–Kier alpha value is -1.87. The summed E-state index contributed by atoms with van der Waals surface area (Å²) in [5.74, 6) is 0.00948. The first-order chi connectivity index (χ1) is 10.2. The van der Waals surface area contributed by atoms with E-state index in [4.69, 9.17) is 4.74 Å². The van der Waals surface area contributed by atoms with Crippen LogP contribution >= 0.6 is 0 Å². The Bertz CT molecular complexity index is 639. The fourth-order valence-electron chi connectivity index (χ4n) is 3.21. The molecule has 0 saturated carbocycles. The molecule has 0 bridgehead atoms. The second-order valence-electron chi connectivity index (χ2n) is 5.53. The predicted octanol–water partition coefficient (Wildman–Crippen LogP) is 3.99. The Balaban J connectivity index is 1.94. The first-order valence-electron chi connectivity index (χ1n) is 7.30. The van der Waals surface area contributed by atoms with Crippen LogP contribution in [-0.4, -0.2) is 12.2 Å². The SMILES string of the molecule is COc1ccc(C(O)C2CCCc3ccccc32)c(F)c1. The predicted molar refractivity (Wildman–Crippen MR) is 80.0 cm³/mol. The van der Waals surface area contributed by atoms with Crippen molar-refractivity contribution < 1.29 is 14.2 Å². The third kappa shape index (κ3) is 2.66. The molecular weight excluding hydrogens is 267 g/mol. The minimum atomic E-state index is -0.822. The summed E-state index contributed by atoms with van der Waals surface area (Å²) in [6.07, 6.45) is 2.11. The molecule has 0 aliphatic heterocycles. The van der Waals surface area contributed by atoms with E-state index < -0.39 is 11.9 Å². The van der Waals surface area contributed by atoms with Gasteiger partial charge in [0.1, 0.15) is 11.6 Å². The minimum Gasteiger partial charge on any atom is -0.497 e. The third-order valence-electron chi connectivity index (χ3n) is 4.32. The fourth-order valence-corrected chi connectivity index (χ4v) is 3.21. The van der Waals surface area contributed by atoms with Crippen LogP contribution in [0.25, 0.3) is 0 Å². The fraction of sp³-hybridized carbons (Fsp3) is 0.333. The first-order valence-corrected chi connectivity index (χ1v) is 7.30. The van der Waals surface area contributed by atoms with Crippen molar-refractivity contribution in [1.82, 2.24) is 0 Å². The summed E-state index contributed by atoms with van der Waals surface area (Å²) in [7, 11) is 1.50. The van der Waals surface area contributed by atoms with Crippen LogP contribution in [0.2, 0.25) is 0 Å². The van der Waals surface area contributed by atoms with Gasteiger partial charge in [0.05, 0.1) is 13.2 Å². The maximum Gasteiger partial charge on any atom is 0.132 e. The molecule has 0 saturated heterocycles. The number of methoxy groups -OCH3 is 1. The van der Waals surface area contributed by atoms with E-state index in [1.807, 2.05) is 18.2 Å². The molecule has 1 aliphatic rings. The number of benzene rings is 2. The molecule has 1 aliphatic carbocycles. The number of aliphatic hydroxyl groups excluding tert-OH is 1. The number of hydrogen-bond donors (Lipinski definition) is 1. The largest absolute Gasteiger partial charge is 0.497 e. The van der Waals surface area contributed by atoms with Gasteiger partial charge in [0.25, 0.3) is 0 Å². The van der Waals surface area contributed by atoms with Crippen molar-refractivity contribution >= 4 is 0 Å². The topological polar surface area (TPSA) is 29.5 Å². The molecule has 0 fully saturated rings. The molecule has 0 radical (unpaired) electrons. The summed E-state index contributed by atoms with van der Waals surface area (Å²) < 4.78 is 19.2. The molecule has 21 heavy (non-hydrogen) atoms. The molecule has 3 heteroatoms. The van der Waals surface area contributed by atoms with Gasteiger partial charge in [-0.2, -0.15) is 0 Å². The molecule has 3 rings (SSSR count). The summed E-state index contributed by atoms with van der Waals surface area (Å²) in [5, 5.41) is 10.7. The van der Waals surface area contributed by atoms with Crippen LogP contribution in [0.3, 0.4) is 0 Å². The second-order valence-corrected chi connectivity index (χ2v) is 5.53. The Morgan fingerprint density at radius 3 is 2.81 bits per heavy atom. The molecular formula is C18H19FO2. The van der Waals surface area contributed by atoms with Crippen molar-refractivity contribution in [1.29, 1.82) is 0 Å². The molecule has 2 aromatic rings. The van der Waals surface area contributed by atoms with Crippen molar-refractivity contribution in [3.05, 3.63) is 65.0 Å². The van der Waals surface area contributed by atoms with E-state index in [0.717, 1.165) is 24.8 Å². The van der Waals surface area contributed by atoms with Gasteiger partial charge in [0.15, 0.2) is 0 Å². The molecule has 0 aromatic heterocycles. The Morgan fingerprint density at radius 1 is 1.24 bits per heavy atom. The lowest BCUT2D eigenvalue weighted by Crippen LogP contribution is -2.18. The van der Waals surface area contributed by atoms with E-state index in [-0.39, 0.29) is 5.92 Å². The van der Waals surface area contributed by atoms with E-state index >= 15 is 0 Å². The molecule has 2 atom stereocenters. The number of rotatable bonds is 3. The Labute approximate surface area is 124 Å². The van der Waals surface area contributed by atoms with Crippen LogP contribution in [0, 0.1) is 5.82 Å². The highest BCUT2D eigenvalue weighted by Crippen LogP contribution is 2.41. The average molecular weight is 286 g/mol. The van der Waals surface area contributed by atoms with Gasteiger partial charge in [-0.25, -0.2) is 4.39 Å². The maximum atomic E-state index is 14.2. The van der Waals surface area contributed by atoms with Gasteiger partial charge in [-0.05, 0) is 42.5 Å². The van der Waals surface area contributed by atoms with Gasteiger partial charge in [-0.1, -0.05) is 24.3 Å². The van der Waals surface area contributed by atoms with Crippen LogP contribution in [0.1, 0.15) is 41.6 Å². The van der Waals surface area contributed by atoms with E-state index in [1.54, 1.807) is 12.1 Å². The highest BCUT2D eigenvalue weighted by molar-refractivity contribution is 5.37. The number of halogens is 1. The third-order valence-corrected chi connectivity index (χ3v) is 4.32. The van der Waals surface area contributed by atoms with Gasteiger partial charge in [0, 0.05) is 17.5 Å². The van der Waals surface area contributed by atoms with E-state index in [0.29, 0.717) is 11.3 Å². The first kappa shape index (κ1) is 14.1. The molecule has 0 heterocycles. The monoisotopic (exact) mass is 286 g/mol. The Kier molecular flexibility index (Phi) is 3.93. The molecule has 110 valence electrons. The molecule has 0 spiro atoms. The number of hydrogen-bond acceptors (Lipinski definition) is 2. The van der Waals surface area contributed by atoms with Gasteiger partial charge in [-0.15, -0.1) is 0 Å². The molecule has 2 nitrogen and oxygen atoms in total. The summed E-state index contributed by atoms with van der Waals surface area (Å²) >= 11 is 0. The lowest BCUT2D eigenvalue weighted by Gasteiger charge is -2.30. The van der Waals surface area contributed by atoms with Crippen LogP contribution in [0.15, 0.2) is 42.5 Å². The zero-order chi connectivity index (χ0) is 14.8. The summed E-state index contributed by atoms with van der Waals surface area (Å²) in [4.78, 5) is 0. The number of ether oxygens (including phenoxy) is 1. The van der Waals surface area contributed by atoms with Crippen molar-refractivity contribution in [3.8, 4) is 5.75 Å². The quantitative estimate of drug-likeness (QED) is 0.924. The second kappa shape index (κ2) is 5.86. The Morgan fingerprint density at radius 2 is 2.05 bits per heavy atom. The van der Waals surface area contributed by atoms with Gasteiger partial charge in [-0.3, -0.25) is 0 Å². The molecule has 1 N–H and O–H groups in total. The van der Waals surface area contributed by atoms with Gasteiger partial charge >= 0.3 is 0 Å². The zero-order valence-corrected chi connectivity index (χ0v) is 12.1. The van der Waals surface area contributed by atoms with Crippen LogP contribution < -0.4 is 4.74 Å². The van der Waals surface area contributed by atoms with E-state index in [9.17, 15) is 9.50 Å². The normalized spacial score (nSPS) is 18.9. The number of fused-ring (bicyclic) bond motifs is 1. The molecule has 2 unspecified atom stereocenters. The lowest BCUT2D eigenvalue weighted by atomic mass is 9.78. The highest BCUT2D eigenvalue weighted by Gasteiger charge is 2.29. The van der Waals surface area contributed by atoms with Crippen molar-refractivity contribution in [2.45, 2.75) is 31.3 Å². The minimum absolute atomic E-state index is 0.0437. The number of aryl methyl sites for hydroxylation is 1.